The molecule has 0 aliphatic carbocycles. The lowest BCUT2D eigenvalue weighted by Crippen LogP contribution is -2.25. The Morgan fingerprint density at radius 1 is 1.38 bits per heavy atom. The summed E-state index contributed by atoms with van der Waals surface area (Å²) in [5.74, 6) is 0. The average molecular weight is 264 g/mol. The minimum atomic E-state index is -3.29. The number of nitrogens with one attached hydrogen (secondary N) is 1. The fraction of sp³-hybridized carbons (Fsp3) is 0.556. The van der Waals surface area contributed by atoms with E-state index in [-0.39, 0.29) is 22.7 Å². The minimum Gasteiger partial charge on any atom is -0.315 e. The number of nitrogens with zero attached hydrogens (tertiary/aromatic N) is 2. The topological polar surface area (TPSA) is 72.0 Å². The maximum absolute atomic E-state index is 12.0. The molecule has 1 N–H and O–H groups in total. The van der Waals surface area contributed by atoms with Crippen LogP contribution in [-0.4, -0.2) is 37.0 Å². The van der Waals surface area contributed by atoms with Crippen molar-refractivity contribution in [2.45, 2.75) is 23.6 Å². The Kier molecular flexibility index (Phi) is 4.23. The summed E-state index contributed by atoms with van der Waals surface area (Å²) in [5.41, 5.74) is 0.721. The van der Waals surface area contributed by atoms with Crippen molar-refractivity contribution in [1.29, 1.82) is 0 Å². The predicted molar refractivity (Wildman–Crippen MR) is 62.5 cm³/mol. The van der Waals surface area contributed by atoms with Crippen LogP contribution in [0.3, 0.4) is 0 Å². The molecule has 0 bridgehead atoms. The van der Waals surface area contributed by atoms with Crippen LogP contribution in [0.5, 0.6) is 0 Å². The summed E-state index contributed by atoms with van der Waals surface area (Å²) >= 11 is 0. The summed E-state index contributed by atoms with van der Waals surface area (Å²) in [6.07, 6.45) is 0.651. The van der Waals surface area contributed by atoms with Crippen molar-refractivity contribution in [2.75, 3.05) is 13.1 Å². The van der Waals surface area contributed by atoms with Crippen LogP contribution in [0.15, 0.2) is 17.2 Å². The molecule has 2 heterocycles. The lowest BCUT2D eigenvalue weighted by molar-refractivity contribution is 0.576. The maximum atomic E-state index is 12.0. The van der Waals surface area contributed by atoms with Crippen molar-refractivity contribution in [1.82, 2.24) is 15.5 Å². The molecule has 0 amide bonds. The Labute approximate surface area is 101 Å². The molecule has 0 spiro atoms. The van der Waals surface area contributed by atoms with Gasteiger partial charge in [0.15, 0.2) is 5.03 Å². The Morgan fingerprint density at radius 2 is 2.12 bits per heavy atom. The van der Waals surface area contributed by atoms with Gasteiger partial charge in [-0.1, -0.05) is 0 Å². The summed E-state index contributed by atoms with van der Waals surface area (Å²) < 4.78 is 24.0. The van der Waals surface area contributed by atoms with Gasteiger partial charge < -0.3 is 5.32 Å². The van der Waals surface area contributed by atoms with Gasteiger partial charge in [0.25, 0.3) is 0 Å². The number of aryl methyl sites for hydroxylation is 1. The van der Waals surface area contributed by atoms with Gasteiger partial charge in [0, 0.05) is 6.54 Å². The van der Waals surface area contributed by atoms with Gasteiger partial charge >= 0.3 is 0 Å². The largest absolute Gasteiger partial charge is 0.315 e. The first kappa shape index (κ1) is 13.3. The Bertz CT molecular complexity index is 440. The van der Waals surface area contributed by atoms with Crippen molar-refractivity contribution in [2.24, 2.45) is 0 Å². The van der Waals surface area contributed by atoms with Crippen molar-refractivity contribution in [3.05, 3.63) is 17.8 Å². The second kappa shape index (κ2) is 5.07. The highest BCUT2D eigenvalue weighted by Gasteiger charge is 2.31. The molecule has 5 nitrogen and oxygen atoms in total. The molecule has 2 rings (SSSR count). The zero-order chi connectivity index (χ0) is 10.9. The third-order valence-corrected chi connectivity index (χ3v) is 4.60. The first-order valence-corrected chi connectivity index (χ1v) is 6.40. The highest BCUT2D eigenvalue weighted by molar-refractivity contribution is 7.92. The molecule has 1 aliphatic rings. The van der Waals surface area contributed by atoms with Crippen LogP contribution < -0.4 is 5.32 Å². The van der Waals surface area contributed by atoms with E-state index in [0.717, 1.165) is 12.2 Å². The van der Waals surface area contributed by atoms with E-state index in [1.165, 1.54) is 6.07 Å². The summed E-state index contributed by atoms with van der Waals surface area (Å²) in [4.78, 5) is 0. The number of sulfone groups is 1. The van der Waals surface area contributed by atoms with Gasteiger partial charge in [0.2, 0.25) is 9.84 Å². The van der Waals surface area contributed by atoms with Crippen LogP contribution >= 0.6 is 12.4 Å². The van der Waals surface area contributed by atoms with E-state index in [9.17, 15) is 8.42 Å². The summed E-state index contributed by atoms with van der Waals surface area (Å²) in [7, 11) is -3.29. The summed E-state index contributed by atoms with van der Waals surface area (Å²) in [6, 6.07) is 3.19. The van der Waals surface area contributed by atoms with Gasteiger partial charge in [0.1, 0.15) is 0 Å². The predicted octanol–water partition coefficient (Wildman–Crippen LogP) is 0.342. The van der Waals surface area contributed by atoms with Gasteiger partial charge in [-0.15, -0.1) is 17.5 Å². The van der Waals surface area contributed by atoms with E-state index in [1.807, 2.05) is 0 Å². The highest BCUT2D eigenvalue weighted by Crippen LogP contribution is 2.17. The van der Waals surface area contributed by atoms with E-state index in [1.54, 1.807) is 13.0 Å². The number of aromatic nitrogens is 2. The van der Waals surface area contributed by atoms with Crippen LogP contribution in [0.2, 0.25) is 0 Å². The maximum Gasteiger partial charge on any atom is 0.201 e. The van der Waals surface area contributed by atoms with E-state index in [0.29, 0.717) is 13.0 Å². The Balaban J connectivity index is 0.00000128. The van der Waals surface area contributed by atoms with Crippen LogP contribution in [0.1, 0.15) is 12.1 Å². The van der Waals surface area contributed by atoms with Crippen LogP contribution in [0, 0.1) is 6.92 Å². The Morgan fingerprint density at radius 3 is 2.62 bits per heavy atom. The molecule has 1 aromatic heterocycles. The van der Waals surface area contributed by atoms with Crippen molar-refractivity contribution in [3.63, 3.8) is 0 Å². The average Bonchev–Trinajstić information content (AvgIpc) is 2.71. The van der Waals surface area contributed by atoms with Crippen molar-refractivity contribution in [3.8, 4) is 0 Å². The third-order valence-electron chi connectivity index (χ3n) is 2.52. The molecule has 16 heavy (non-hydrogen) atoms. The van der Waals surface area contributed by atoms with Gasteiger partial charge in [0.05, 0.1) is 10.9 Å². The molecule has 7 heteroatoms. The number of hydrogen-bond donors (Lipinski definition) is 1. The molecule has 1 saturated heterocycles. The van der Waals surface area contributed by atoms with E-state index in [4.69, 9.17) is 0 Å². The molecular weight excluding hydrogens is 250 g/mol. The third kappa shape index (κ3) is 2.50. The lowest BCUT2D eigenvalue weighted by Gasteiger charge is -2.08. The summed E-state index contributed by atoms with van der Waals surface area (Å²) in [6.45, 7) is 3.04. The van der Waals surface area contributed by atoms with Crippen molar-refractivity contribution >= 4 is 22.2 Å². The zero-order valence-corrected chi connectivity index (χ0v) is 10.5. The van der Waals surface area contributed by atoms with Crippen LogP contribution in [-0.2, 0) is 9.84 Å². The van der Waals surface area contributed by atoms with E-state index >= 15 is 0 Å². The van der Waals surface area contributed by atoms with Gasteiger partial charge in [-0.2, -0.15) is 5.10 Å². The van der Waals surface area contributed by atoms with Gasteiger partial charge in [-0.25, -0.2) is 8.42 Å². The first-order valence-electron chi connectivity index (χ1n) is 4.85. The molecule has 1 atom stereocenters. The highest BCUT2D eigenvalue weighted by atomic mass is 35.5. The molecule has 0 aromatic carbocycles. The first-order chi connectivity index (χ1) is 7.10. The minimum absolute atomic E-state index is 0. The number of rotatable bonds is 2. The molecular formula is C9H14ClN3O2S. The molecule has 0 radical (unpaired) electrons. The second-order valence-corrected chi connectivity index (χ2v) is 5.85. The lowest BCUT2D eigenvalue weighted by atomic mass is 10.4. The summed E-state index contributed by atoms with van der Waals surface area (Å²) in [5, 5.41) is 10.3. The van der Waals surface area contributed by atoms with Gasteiger partial charge in [-0.3, -0.25) is 0 Å². The molecule has 0 unspecified atom stereocenters. The standard InChI is InChI=1S/C9H13N3O2S.ClH/c1-7-2-3-9(12-11-7)15(13,14)8-4-5-10-6-8;/h2-3,8,10H,4-6H2,1H3;1H/t8-;/m0./s1. The van der Waals surface area contributed by atoms with Gasteiger partial charge in [-0.05, 0) is 32.0 Å². The molecule has 1 fully saturated rings. The SMILES string of the molecule is Cc1ccc(S(=O)(=O)[C@H]2CCNC2)nn1.Cl. The van der Waals surface area contributed by atoms with E-state index < -0.39 is 9.84 Å². The fourth-order valence-corrected chi connectivity index (χ4v) is 3.12. The smallest absolute Gasteiger partial charge is 0.201 e. The second-order valence-electron chi connectivity index (χ2n) is 3.67. The number of halogens is 1. The number of hydrogen-bond acceptors (Lipinski definition) is 5. The van der Waals surface area contributed by atoms with Crippen LogP contribution in [0.25, 0.3) is 0 Å². The molecule has 1 aromatic rings. The molecule has 0 saturated carbocycles. The zero-order valence-electron chi connectivity index (χ0n) is 8.88. The quantitative estimate of drug-likeness (QED) is 0.833. The normalized spacial score (nSPS) is 20.4. The Hall–Kier alpha value is -0.720. The van der Waals surface area contributed by atoms with E-state index in [2.05, 4.69) is 15.5 Å². The van der Waals surface area contributed by atoms with Crippen molar-refractivity contribution < 1.29 is 8.42 Å². The molecule has 1 aliphatic heterocycles. The van der Waals surface area contributed by atoms with Crippen LogP contribution in [0.4, 0.5) is 0 Å². The monoisotopic (exact) mass is 263 g/mol. The fourth-order valence-electron chi connectivity index (χ4n) is 1.60. The molecule has 90 valence electrons.